The summed E-state index contributed by atoms with van der Waals surface area (Å²) in [6.45, 7) is 12.8. The molecule has 1 aromatic rings. The van der Waals surface area contributed by atoms with Gasteiger partial charge in [0.05, 0.1) is 0 Å². The van der Waals surface area contributed by atoms with Gasteiger partial charge in [0.1, 0.15) is 12.4 Å². The number of nitrogens with zero attached hydrogens (tertiary/aromatic N) is 5. The Labute approximate surface area is 170 Å². The first-order valence-electron chi connectivity index (χ1n) is 11.1. The number of hydrogen-bond donors (Lipinski definition) is 2. The molecule has 2 N–H and O–H groups in total. The molecular formula is C21H39N7. The first kappa shape index (κ1) is 21.1. The van der Waals surface area contributed by atoms with Crippen LogP contribution in [-0.4, -0.2) is 57.3 Å². The summed E-state index contributed by atoms with van der Waals surface area (Å²) in [6, 6.07) is 1.11. The van der Waals surface area contributed by atoms with E-state index >= 15 is 0 Å². The minimum atomic E-state index is 0.497. The topological polar surface area (TPSA) is 70.4 Å². The molecule has 0 bridgehead atoms. The monoisotopic (exact) mass is 389 g/mol. The van der Waals surface area contributed by atoms with Crippen LogP contribution in [0.2, 0.25) is 0 Å². The third-order valence-corrected chi connectivity index (χ3v) is 6.49. The molecule has 3 atom stereocenters. The van der Waals surface area contributed by atoms with E-state index in [1.165, 1.54) is 38.6 Å². The van der Waals surface area contributed by atoms with Crippen LogP contribution in [0.4, 0.5) is 0 Å². The van der Waals surface area contributed by atoms with Crippen LogP contribution in [0.5, 0.6) is 0 Å². The van der Waals surface area contributed by atoms with Crippen molar-refractivity contribution in [3.05, 3.63) is 11.6 Å². The molecule has 2 heterocycles. The molecule has 1 aromatic heterocycles. The zero-order valence-corrected chi connectivity index (χ0v) is 18.4. The highest BCUT2D eigenvalue weighted by Crippen LogP contribution is 2.28. The van der Waals surface area contributed by atoms with Gasteiger partial charge in [-0.1, -0.05) is 20.8 Å². The van der Waals surface area contributed by atoms with Crippen molar-refractivity contribution in [2.75, 3.05) is 19.6 Å². The third kappa shape index (κ3) is 5.46. The van der Waals surface area contributed by atoms with Gasteiger partial charge in [-0.15, -0.1) is 10.2 Å². The van der Waals surface area contributed by atoms with Gasteiger partial charge in [0, 0.05) is 25.7 Å². The first-order valence-corrected chi connectivity index (χ1v) is 11.1. The van der Waals surface area contributed by atoms with Crippen molar-refractivity contribution < 1.29 is 0 Å². The van der Waals surface area contributed by atoms with Crippen LogP contribution in [0.1, 0.15) is 64.5 Å². The lowest BCUT2D eigenvalue weighted by Gasteiger charge is -2.33. The quantitative estimate of drug-likeness (QED) is 0.578. The van der Waals surface area contributed by atoms with E-state index in [4.69, 9.17) is 4.99 Å². The highest BCUT2D eigenvalue weighted by molar-refractivity contribution is 5.80. The first-order chi connectivity index (χ1) is 13.5. The Hall–Kier alpha value is -1.63. The molecule has 158 valence electrons. The SMILES string of the molecule is CCN1CCCC1CNC(=NCc1nnc(C)n1C)NC1CC(C)CC(C)C1. The van der Waals surface area contributed by atoms with Gasteiger partial charge in [-0.05, 0) is 64.0 Å². The highest BCUT2D eigenvalue weighted by atomic mass is 15.3. The van der Waals surface area contributed by atoms with Gasteiger partial charge in [0.25, 0.3) is 0 Å². The van der Waals surface area contributed by atoms with E-state index in [0.29, 0.717) is 18.6 Å². The Morgan fingerprint density at radius 3 is 2.57 bits per heavy atom. The molecule has 3 rings (SSSR count). The predicted octanol–water partition coefficient (Wildman–Crippen LogP) is 2.47. The van der Waals surface area contributed by atoms with Gasteiger partial charge in [-0.2, -0.15) is 0 Å². The lowest BCUT2D eigenvalue weighted by Crippen LogP contribution is -2.49. The molecule has 7 heteroatoms. The molecule has 28 heavy (non-hydrogen) atoms. The highest BCUT2D eigenvalue weighted by Gasteiger charge is 2.26. The summed E-state index contributed by atoms with van der Waals surface area (Å²) in [7, 11) is 2.00. The van der Waals surface area contributed by atoms with E-state index < -0.39 is 0 Å². The number of guanidine groups is 1. The van der Waals surface area contributed by atoms with Crippen LogP contribution in [0.15, 0.2) is 4.99 Å². The summed E-state index contributed by atoms with van der Waals surface area (Å²) in [5.74, 6) is 4.30. The van der Waals surface area contributed by atoms with Crippen LogP contribution >= 0.6 is 0 Å². The maximum absolute atomic E-state index is 4.88. The molecule has 2 fully saturated rings. The molecule has 0 spiro atoms. The fourth-order valence-corrected chi connectivity index (χ4v) is 4.91. The molecule has 3 unspecified atom stereocenters. The molecule has 2 aliphatic rings. The molecule has 7 nitrogen and oxygen atoms in total. The second-order valence-electron chi connectivity index (χ2n) is 8.95. The number of hydrogen-bond acceptors (Lipinski definition) is 4. The van der Waals surface area contributed by atoms with Gasteiger partial charge < -0.3 is 15.2 Å². The summed E-state index contributed by atoms with van der Waals surface area (Å²) in [4.78, 5) is 7.45. The van der Waals surface area contributed by atoms with Crippen LogP contribution in [-0.2, 0) is 13.6 Å². The largest absolute Gasteiger partial charge is 0.355 e. The Kier molecular flexibility index (Phi) is 7.32. The van der Waals surface area contributed by atoms with Crippen molar-refractivity contribution in [3.63, 3.8) is 0 Å². The Bertz CT molecular complexity index is 643. The van der Waals surface area contributed by atoms with E-state index in [0.717, 1.165) is 42.5 Å². The zero-order chi connectivity index (χ0) is 20.1. The second kappa shape index (κ2) is 9.72. The van der Waals surface area contributed by atoms with Crippen molar-refractivity contribution in [1.82, 2.24) is 30.3 Å². The third-order valence-electron chi connectivity index (χ3n) is 6.49. The molecule has 1 saturated heterocycles. The summed E-state index contributed by atoms with van der Waals surface area (Å²) < 4.78 is 2.02. The van der Waals surface area contributed by atoms with Crippen molar-refractivity contribution in [1.29, 1.82) is 0 Å². The van der Waals surface area contributed by atoms with Crippen molar-refractivity contribution in [2.45, 2.75) is 78.4 Å². The fourth-order valence-electron chi connectivity index (χ4n) is 4.91. The van der Waals surface area contributed by atoms with E-state index in [2.05, 4.69) is 46.5 Å². The summed E-state index contributed by atoms with van der Waals surface area (Å²) in [5.41, 5.74) is 0. The number of nitrogens with one attached hydrogen (secondary N) is 2. The van der Waals surface area contributed by atoms with Gasteiger partial charge in [-0.3, -0.25) is 4.90 Å². The molecule has 0 radical (unpaired) electrons. The second-order valence-corrected chi connectivity index (χ2v) is 8.95. The maximum atomic E-state index is 4.88. The normalized spacial score (nSPS) is 29.2. The summed E-state index contributed by atoms with van der Waals surface area (Å²) >= 11 is 0. The number of rotatable bonds is 6. The number of aryl methyl sites for hydroxylation is 1. The van der Waals surface area contributed by atoms with Gasteiger partial charge in [0.2, 0.25) is 0 Å². The van der Waals surface area contributed by atoms with Gasteiger partial charge in [-0.25, -0.2) is 4.99 Å². The zero-order valence-electron chi connectivity index (χ0n) is 18.4. The van der Waals surface area contributed by atoms with Gasteiger partial charge >= 0.3 is 0 Å². The summed E-state index contributed by atoms with van der Waals surface area (Å²) in [5, 5.41) is 15.8. The Balaban J connectivity index is 1.65. The Morgan fingerprint density at radius 1 is 1.18 bits per heavy atom. The number of likely N-dealkylation sites (N-methyl/N-ethyl adjacent to an activating group) is 1. The van der Waals surface area contributed by atoms with E-state index in [-0.39, 0.29) is 0 Å². The molecule has 1 aliphatic carbocycles. The number of likely N-dealkylation sites (tertiary alicyclic amines) is 1. The minimum absolute atomic E-state index is 0.497. The van der Waals surface area contributed by atoms with Crippen molar-refractivity contribution in [2.24, 2.45) is 23.9 Å². The van der Waals surface area contributed by atoms with Crippen LogP contribution < -0.4 is 10.6 Å². The minimum Gasteiger partial charge on any atom is -0.355 e. The lowest BCUT2D eigenvalue weighted by molar-refractivity contribution is 0.252. The van der Waals surface area contributed by atoms with Gasteiger partial charge in [0.15, 0.2) is 11.8 Å². The number of aliphatic imine (C=N–C) groups is 1. The average molecular weight is 390 g/mol. The fraction of sp³-hybridized carbons (Fsp3) is 0.857. The molecular weight excluding hydrogens is 350 g/mol. The number of aromatic nitrogens is 3. The van der Waals surface area contributed by atoms with E-state index in [1.807, 2.05) is 18.5 Å². The summed E-state index contributed by atoms with van der Waals surface area (Å²) in [6.07, 6.45) is 6.35. The van der Waals surface area contributed by atoms with Crippen LogP contribution in [0.3, 0.4) is 0 Å². The molecule has 1 aliphatic heterocycles. The lowest BCUT2D eigenvalue weighted by atomic mass is 9.80. The predicted molar refractivity (Wildman–Crippen MR) is 114 cm³/mol. The maximum Gasteiger partial charge on any atom is 0.191 e. The van der Waals surface area contributed by atoms with Crippen molar-refractivity contribution in [3.8, 4) is 0 Å². The molecule has 0 aromatic carbocycles. The van der Waals surface area contributed by atoms with E-state index in [1.54, 1.807) is 0 Å². The molecule has 1 saturated carbocycles. The van der Waals surface area contributed by atoms with Crippen LogP contribution in [0.25, 0.3) is 0 Å². The smallest absolute Gasteiger partial charge is 0.191 e. The van der Waals surface area contributed by atoms with Crippen LogP contribution in [0, 0.1) is 18.8 Å². The van der Waals surface area contributed by atoms with E-state index in [9.17, 15) is 0 Å². The average Bonchev–Trinajstić information content (AvgIpc) is 3.23. The standard InChI is InChI=1S/C21H39N7/c1-6-28-9-7-8-19(28)13-22-21(23-14-20-26-25-17(4)27(20)5)24-18-11-15(2)10-16(3)12-18/h15-16,18-19H,6-14H2,1-5H3,(H2,22,23,24). The molecule has 0 amide bonds. The Morgan fingerprint density at radius 2 is 1.93 bits per heavy atom. The van der Waals surface area contributed by atoms with Crippen molar-refractivity contribution >= 4 is 5.96 Å².